The first kappa shape index (κ1) is 25.5. The van der Waals surface area contributed by atoms with Crippen LogP contribution in [0.2, 0.25) is 0 Å². The zero-order chi connectivity index (χ0) is 22.2. The summed E-state index contributed by atoms with van der Waals surface area (Å²) in [4.78, 5) is 0. The third-order valence-corrected chi connectivity index (χ3v) is 6.30. The lowest BCUT2D eigenvalue weighted by molar-refractivity contribution is 0.123. The molecule has 1 heteroatoms. The quantitative estimate of drug-likeness (QED) is 0.225. The molecule has 0 aliphatic rings. The van der Waals surface area contributed by atoms with Crippen LogP contribution in [0, 0.1) is 11.8 Å². The predicted molar refractivity (Wildman–Crippen MR) is 136 cm³/mol. The van der Waals surface area contributed by atoms with Crippen LogP contribution in [0.3, 0.4) is 0 Å². The van der Waals surface area contributed by atoms with Gasteiger partial charge in [-0.3, -0.25) is 0 Å². The molecule has 0 aromatic heterocycles. The largest absolute Gasteiger partial charge is 0.374 e. The van der Waals surface area contributed by atoms with Crippen molar-refractivity contribution in [1.82, 2.24) is 0 Å². The Balaban J connectivity index is 1.53. The van der Waals surface area contributed by atoms with Crippen molar-refractivity contribution in [2.45, 2.75) is 116 Å². The first-order chi connectivity index (χ1) is 15.1. The van der Waals surface area contributed by atoms with Gasteiger partial charge in [-0.25, -0.2) is 0 Å². The minimum atomic E-state index is -1.10. The fourth-order valence-corrected chi connectivity index (χ4v) is 4.36. The van der Waals surface area contributed by atoms with Gasteiger partial charge in [0.05, 0.1) is 0 Å². The highest BCUT2D eigenvalue weighted by Crippen LogP contribution is 2.28. The van der Waals surface area contributed by atoms with E-state index in [1.165, 1.54) is 83.5 Å². The van der Waals surface area contributed by atoms with Gasteiger partial charge in [0, 0.05) is 12.0 Å². The Morgan fingerprint density at radius 1 is 0.677 bits per heavy atom. The summed E-state index contributed by atoms with van der Waals surface area (Å²) in [5, 5.41) is 13.2. The second kappa shape index (κ2) is 15.1. The first-order valence-corrected chi connectivity index (χ1v) is 12.9. The molecule has 2 aromatic carbocycles. The van der Waals surface area contributed by atoms with Gasteiger partial charge in [0.2, 0.25) is 0 Å². The minimum absolute atomic E-state index is 0.874. The second-order valence-electron chi connectivity index (χ2n) is 9.25. The zero-order valence-electron chi connectivity index (χ0n) is 20.1. The summed E-state index contributed by atoms with van der Waals surface area (Å²) in [5.41, 5.74) is -0.198. The van der Waals surface area contributed by atoms with E-state index < -0.39 is 5.60 Å². The van der Waals surface area contributed by atoms with Crippen molar-refractivity contribution in [3.63, 3.8) is 0 Å². The number of rotatable bonds is 15. The van der Waals surface area contributed by atoms with Crippen molar-refractivity contribution in [3.05, 3.63) is 48.0 Å². The van der Waals surface area contributed by atoms with Gasteiger partial charge in [-0.15, -0.1) is 0 Å². The van der Waals surface area contributed by atoms with Gasteiger partial charge >= 0.3 is 0 Å². The summed E-state index contributed by atoms with van der Waals surface area (Å²) < 4.78 is 0. The number of hydrogen-bond acceptors (Lipinski definition) is 1. The molecular formula is C30H44O. The Morgan fingerprint density at radius 3 is 1.81 bits per heavy atom. The van der Waals surface area contributed by atoms with E-state index in [9.17, 15) is 5.11 Å². The topological polar surface area (TPSA) is 20.2 Å². The molecule has 0 fully saturated rings. The monoisotopic (exact) mass is 420 g/mol. The number of hydrogen-bond donors (Lipinski definition) is 1. The van der Waals surface area contributed by atoms with E-state index >= 15 is 0 Å². The predicted octanol–water partition coefficient (Wildman–Crippen LogP) is 8.92. The SMILES string of the molecule is CCCCCCCCCCCCCCCCC#CC(C)(O)c1cccc2ccccc12. The molecule has 0 heterocycles. The van der Waals surface area contributed by atoms with Gasteiger partial charge in [0.1, 0.15) is 5.60 Å². The lowest BCUT2D eigenvalue weighted by atomic mass is 9.91. The molecule has 31 heavy (non-hydrogen) atoms. The molecule has 1 atom stereocenters. The average molecular weight is 421 g/mol. The van der Waals surface area contributed by atoms with Crippen molar-refractivity contribution in [1.29, 1.82) is 0 Å². The molecule has 0 amide bonds. The fraction of sp³-hybridized carbons (Fsp3) is 0.600. The van der Waals surface area contributed by atoms with Crippen molar-refractivity contribution < 1.29 is 5.11 Å². The third kappa shape index (κ3) is 9.92. The molecule has 0 bridgehead atoms. The molecule has 0 saturated heterocycles. The van der Waals surface area contributed by atoms with Crippen LogP contribution in [-0.2, 0) is 5.60 Å². The van der Waals surface area contributed by atoms with E-state index in [-0.39, 0.29) is 0 Å². The minimum Gasteiger partial charge on any atom is -0.374 e. The number of aliphatic hydroxyl groups is 1. The van der Waals surface area contributed by atoms with E-state index in [0.717, 1.165) is 29.2 Å². The van der Waals surface area contributed by atoms with Crippen molar-refractivity contribution in [2.24, 2.45) is 0 Å². The molecule has 170 valence electrons. The fourth-order valence-electron chi connectivity index (χ4n) is 4.36. The summed E-state index contributed by atoms with van der Waals surface area (Å²) in [6, 6.07) is 14.3. The number of unbranched alkanes of at least 4 members (excludes halogenated alkanes) is 14. The molecule has 0 saturated carbocycles. The van der Waals surface area contributed by atoms with Crippen LogP contribution in [0.4, 0.5) is 0 Å². The Kier molecular flexibility index (Phi) is 12.4. The van der Waals surface area contributed by atoms with Gasteiger partial charge in [-0.2, -0.15) is 0 Å². The van der Waals surface area contributed by atoms with Gasteiger partial charge in [-0.1, -0.05) is 145 Å². The molecule has 0 radical (unpaired) electrons. The standard InChI is InChI=1S/C30H44O/c1-3-4-5-6-7-8-9-10-11-12-13-14-15-16-17-20-26-30(2,31)29-25-21-23-27-22-18-19-24-28(27)29/h18-19,21-25,31H,3-17H2,1-2H3. The van der Waals surface area contributed by atoms with Gasteiger partial charge in [0.25, 0.3) is 0 Å². The maximum Gasteiger partial charge on any atom is 0.148 e. The van der Waals surface area contributed by atoms with Crippen LogP contribution >= 0.6 is 0 Å². The van der Waals surface area contributed by atoms with Crippen LogP contribution in [0.1, 0.15) is 116 Å². The summed E-state index contributed by atoms with van der Waals surface area (Å²) in [6.07, 6.45) is 20.1. The lowest BCUT2D eigenvalue weighted by Crippen LogP contribution is -2.18. The molecule has 1 nitrogen and oxygen atoms in total. The van der Waals surface area contributed by atoms with Gasteiger partial charge < -0.3 is 5.11 Å². The van der Waals surface area contributed by atoms with Crippen LogP contribution in [0.25, 0.3) is 10.8 Å². The summed E-state index contributed by atoms with van der Waals surface area (Å²) in [7, 11) is 0. The van der Waals surface area contributed by atoms with E-state index in [1.807, 2.05) is 31.2 Å². The molecule has 2 rings (SSSR count). The molecular weight excluding hydrogens is 376 g/mol. The Labute approximate surface area is 191 Å². The normalized spacial score (nSPS) is 13.0. The lowest BCUT2D eigenvalue weighted by Gasteiger charge is -2.19. The summed E-state index contributed by atoms with van der Waals surface area (Å²) >= 11 is 0. The zero-order valence-corrected chi connectivity index (χ0v) is 20.1. The molecule has 1 N–H and O–H groups in total. The van der Waals surface area contributed by atoms with Crippen LogP contribution in [0.5, 0.6) is 0 Å². The Morgan fingerprint density at radius 2 is 1.19 bits per heavy atom. The second-order valence-corrected chi connectivity index (χ2v) is 9.25. The van der Waals surface area contributed by atoms with Gasteiger partial charge in [-0.05, 0) is 24.1 Å². The van der Waals surface area contributed by atoms with Crippen molar-refractivity contribution >= 4 is 10.8 Å². The van der Waals surface area contributed by atoms with E-state index in [2.05, 4.69) is 37.0 Å². The number of benzene rings is 2. The first-order valence-electron chi connectivity index (χ1n) is 12.9. The number of fused-ring (bicyclic) bond motifs is 1. The van der Waals surface area contributed by atoms with Gasteiger partial charge in [0.15, 0.2) is 0 Å². The smallest absolute Gasteiger partial charge is 0.148 e. The Hall–Kier alpha value is -1.78. The molecule has 1 unspecified atom stereocenters. The Bertz CT molecular complexity index is 787. The highest BCUT2D eigenvalue weighted by Gasteiger charge is 2.22. The molecule has 2 aromatic rings. The summed E-state index contributed by atoms with van der Waals surface area (Å²) in [5.74, 6) is 6.35. The highest BCUT2D eigenvalue weighted by atomic mass is 16.3. The highest BCUT2D eigenvalue weighted by molar-refractivity contribution is 5.86. The van der Waals surface area contributed by atoms with Crippen LogP contribution in [0.15, 0.2) is 42.5 Å². The maximum absolute atomic E-state index is 10.9. The summed E-state index contributed by atoms with van der Waals surface area (Å²) in [6.45, 7) is 4.10. The molecule has 0 aliphatic carbocycles. The molecule has 0 aliphatic heterocycles. The van der Waals surface area contributed by atoms with Crippen LogP contribution in [-0.4, -0.2) is 5.11 Å². The van der Waals surface area contributed by atoms with E-state index in [0.29, 0.717) is 0 Å². The molecule has 0 spiro atoms. The third-order valence-electron chi connectivity index (χ3n) is 6.30. The average Bonchev–Trinajstić information content (AvgIpc) is 2.78. The maximum atomic E-state index is 10.9. The van der Waals surface area contributed by atoms with E-state index in [4.69, 9.17) is 0 Å². The van der Waals surface area contributed by atoms with Crippen molar-refractivity contribution in [2.75, 3.05) is 0 Å². The van der Waals surface area contributed by atoms with Crippen LogP contribution < -0.4 is 0 Å². The van der Waals surface area contributed by atoms with Crippen molar-refractivity contribution in [3.8, 4) is 11.8 Å². The van der Waals surface area contributed by atoms with E-state index in [1.54, 1.807) is 0 Å².